The maximum Gasteiger partial charge on any atom is 0.305 e. The van der Waals surface area contributed by atoms with Crippen LogP contribution >= 0.6 is 0 Å². The minimum atomic E-state index is -1.34. The van der Waals surface area contributed by atoms with Crippen molar-refractivity contribution in [3.05, 3.63) is 39.7 Å². The summed E-state index contributed by atoms with van der Waals surface area (Å²) in [6.07, 6.45) is 0.969. The van der Waals surface area contributed by atoms with Gasteiger partial charge in [-0.2, -0.15) is 9.37 Å². The third-order valence-corrected chi connectivity index (χ3v) is 2.55. The van der Waals surface area contributed by atoms with Crippen LogP contribution in [0, 0.1) is 21.7 Å². The van der Waals surface area contributed by atoms with Crippen LogP contribution in [-0.4, -0.2) is 21.6 Å². The number of nitrogens with two attached hydrogens (primary N) is 1. The fourth-order valence-corrected chi connectivity index (χ4v) is 1.60. The number of halogens is 2. The van der Waals surface area contributed by atoms with E-state index in [9.17, 15) is 18.9 Å². The Morgan fingerprint density at radius 3 is 2.80 bits per heavy atom. The highest BCUT2D eigenvalue weighted by atomic mass is 19.1. The van der Waals surface area contributed by atoms with Crippen LogP contribution < -0.4 is 5.73 Å². The Kier molecular flexibility index (Phi) is 3.99. The third kappa shape index (κ3) is 2.62. The average molecular weight is 284 g/mol. The van der Waals surface area contributed by atoms with E-state index < -0.39 is 33.7 Å². The standard InChI is InChI=1S/C11H10F2N4O3/c12-6-3-4-7(17(18)19)10(13)9(6)11-15-8(16-20-11)2-1-5-14/h3-4H,1-2,5,14H2. The molecule has 0 spiro atoms. The molecule has 0 saturated heterocycles. The van der Waals surface area contributed by atoms with Crippen molar-refractivity contribution < 1.29 is 18.2 Å². The largest absolute Gasteiger partial charge is 0.334 e. The van der Waals surface area contributed by atoms with Crippen LogP contribution in [0.25, 0.3) is 11.5 Å². The van der Waals surface area contributed by atoms with Gasteiger partial charge in [0.2, 0.25) is 5.82 Å². The normalized spacial score (nSPS) is 10.8. The second-order valence-corrected chi connectivity index (χ2v) is 3.92. The van der Waals surface area contributed by atoms with Gasteiger partial charge in [-0.15, -0.1) is 0 Å². The summed E-state index contributed by atoms with van der Waals surface area (Å²) in [7, 11) is 0. The van der Waals surface area contributed by atoms with E-state index >= 15 is 0 Å². The highest BCUT2D eigenvalue weighted by molar-refractivity contribution is 5.60. The molecule has 106 valence electrons. The van der Waals surface area contributed by atoms with Crippen molar-refractivity contribution in [2.75, 3.05) is 6.54 Å². The Bertz CT molecular complexity index is 645. The van der Waals surface area contributed by atoms with Crippen molar-refractivity contribution in [1.29, 1.82) is 0 Å². The third-order valence-electron chi connectivity index (χ3n) is 2.55. The van der Waals surface area contributed by atoms with Gasteiger partial charge in [0.15, 0.2) is 5.82 Å². The quantitative estimate of drug-likeness (QED) is 0.662. The number of nitro groups is 1. The van der Waals surface area contributed by atoms with Crippen molar-refractivity contribution in [2.45, 2.75) is 12.8 Å². The molecule has 0 aliphatic carbocycles. The topological polar surface area (TPSA) is 108 Å². The van der Waals surface area contributed by atoms with Crippen LogP contribution in [-0.2, 0) is 6.42 Å². The van der Waals surface area contributed by atoms with Gasteiger partial charge in [-0.05, 0) is 19.0 Å². The predicted octanol–water partition coefficient (Wildman–Crippen LogP) is 1.81. The molecule has 0 atom stereocenters. The first-order valence-electron chi connectivity index (χ1n) is 5.70. The highest BCUT2D eigenvalue weighted by Gasteiger charge is 2.26. The van der Waals surface area contributed by atoms with Crippen LogP contribution in [0.3, 0.4) is 0 Å². The molecule has 0 fully saturated rings. The lowest BCUT2D eigenvalue weighted by atomic mass is 10.1. The average Bonchev–Trinajstić information content (AvgIpc) is 2.84. The van der Waals surface area contributed by atoms with Gasteiger partial charge in [0.05, 0.1) is 4.92 Å². The summed E-state index contributed by atoms with van der Waals surface area (Å²) in [5.74, 6) is -2.56. The minimum Gasteiger partial charge on any atom is -0.334 e. The molecule has 20 heavy (non-hydrogen) atoms. The summed E-state index contributed by atoms with van der Waals surface area (Å²) in [5, 5.41) is 14.2. The van der Waals surface area contributed by atoms with Gasteiger partial charge in [-0.3, -0.25) is 10.1 Å². The molecule has 0 bridgehead atoms. The first-order valence-corrected chi connectivity index (χ1v) is 5.70. The zero-order valence-corrected chi connectivity index (χ0v) is 10.2. The van der Waals surface area contributed by atoms with Crippen LogP contribution in [0.5, 0.6) is 0 Å². The molecule has 9 heteroatoms. The van der Waals surface area contributed by atoms with E-state index in [2.05, 4.69) is 10.1 Å². The molecule has 1 aromatic carbocycles. The Labute approximate surface area is 111 Å². The van der Waals surface area contributed by atoms with Crippen molar-refractivity contribution in [3.8, 4) is 11.5 Å². The van der Waals surface area contributed by atoms with Gasteiger partial charge in [-0.25, -0.2) is 4.39 Å². The molecular weight excluding hydrogens is 274 g/mol. The molecule has 0 saturated carbocycles. The lowest BCUT2D eigenvalue weighted by Crippen LogP contribution is -2.01. The summed E-state index contributed by atoms with van der Waals surface area (Å²) < 4.78 is 32.3. The molecule has 7 nitrogen and oxygen atoms in total. The van der Waals surface area contributed by atoms with Crippen LogP contribution in [0.4, 0.5) is 14.5 Å². The van der Waals surface area contributed by atoms with Gasteiger partial charge in [0.1, 0.15) is 11.4 Å². The molecule has 0 amide bonds. The minimum absolute atomic E-state index is 0.232. The van der Waals surface area contributed by atoms with E-state index in [0.717, 1.165) is 12.1 Å². The summed E-state index contributed by atoms with van der Waals surface area (Å²) in [4.78, 5) is 13.5. The molecule has 2 rings (SSSR count). The molecule has 1 heterocycles. The summed E-state index contributed by atoms with van der Waals surface area (Å²) in [6, 6.07) is 1.51. The molecule has 0 unspecified atom stereocenters. The van der Waals surface area contributed by atoms with Gasteiger partial charge in [0.25, 0.3) is 5.89 Å². The second-order valence-electron chi connectivity index (χ2n) is 3.92. The van der Waals surface area contributed by atoms with Crippen molar-refractivity contribution in [1.82, 2.24) is 10.1 Å². The van der Waals surface area contributed by atoms with Gasteiger partial charge in [-0.1, -0.05) is 5.16 Å². The van der Waals surface area contributed by atoms with E-state index in [-0.39, 0.29) is 5.82 Å². The number of rotatable bonds is 5. The highest BCUT2D eigenvalue weighted by Crippen LogP contribution is 2.30. The monoisotopic (exact) mass is 284 g/mol. The van der Waals surface area contributed by atoms with Crippen LogP contribution in [0.1, 0.15) is 12.2 Å². The first kappa shape index (κ1) is 14.0. The summed E-state index contributed by atoms with van der Waals surface area (Å²) >= 11 is 0. The van der Waals surface area contributed by atoms with Crippen molar-refractivity contribution >= 4 is 5.69 Å². The predicted molar refractivity (Wildman–Crippen MR) is 63.7 cm³/mol. The number of aromatic nitrogens is 2. The number of benzene rings is 1. The number of nitrogens with zero attached hydrogens (tertiary/aromatic N) is 3. The lowest BCUT2D eigenvalue weighted by Gasteiger charge is -2.00. The number of hydrogen-bond donors (Lipinski definition) is 1. The molecule has 0 aliphatic rings. The van der Waals surface area contributed by atoms with E-state index in [0.29, 0.717) is 19.4 Å². The molecule has 0 radical (unpaired) electrons. The van der Waals surface area contributed by atoms with E-state index in [1.54, 1.807) is 0 Å². The number of hydrogen-bond acceptors (Lipinski definition) is 6. The smallest absolute Gasteiger partial charge is 0.305 e. The molecular formula is C11H10F2N4O3. The van der Waals surface area contributed by atoms with E-state index in [1.165, 1.54) is 0 Å². The molecule has 0 aliphatic heterocycles. The maximum atomic E-state index is 13.9. The fraction of sp³-hybridized carbons (Fsp3) is 0.273. The Balaban J connectivity index is 2.44. The molecule has 2 N–H and O–H groups in total. The maximum absolute atomic E-state index is 13.9. The zero-order chi connectivity index (χ0) is 14.7. The Morgan fingerprint density at radius 2 is 2.15 bits per heavy atom. The molecule has 1 aromatic heterocycles. The van der Waals surface area contributed by atoms with Crippen LogP contribution in [0.2, 0.25) is 0 Å². The fourth-order valence-electron chi connectivity index (χ4n) is 1.60. The van der Waals surface area contributed by atoms with Crippen molar-refractivity contribution in [2.24, 2.45) is 5.73 Å². The van der Waals surface area contributed by atoms with E-state index in [1.807, 2.05) is 0 Å². The second kappa shape index (κ2) is 5.70. The van der Waals surface area contributed by atoms with Crippen LogP contribution in [0.15, 0.2) is 16.7 Å². The Morgan fingerprint density at radius 1 is 1.40 bits per heavy atom. The zero-order valence-electron chi connectivity index (χ0n) is 10.2. The SMILES string of the molecule is NCCCc1noc(-c2c(F)ccc([N+](=O)[O-])c2F)n1. The Hall–Kier alpha value is -2.42. The van der Waals surface area contributed by atoms with E-state index in [4.69, 9.17) is 10.3 Å². The summed E-state index contributed by atoms with van der Waals surface area (Å²) in [5.41, 5.74) is 3.75. The lowest BCUT2D eigenvalue weighted by molar-refractivity contribution is -0.387. The van der Waals surface area contributed by atoms with Gasteiger partial charge >= 0.3 is 5.69 Å². The van der Waals surface area contributed by atoms with Gasteiger partial charge in [0, 0.05) is 12.5 Å². The summed E-state index contributed by atoms with van der Waals surface area (Å²) in [6.45, 7) is 0.406. The number of aryl methyl sites for hydroxylation is 1. The number of nitro benzene ring substituents is 1. The molecule has 2 aromatic rings. The van der Waals surface area contributed by atoms with Crippen molar-refractivity contribution in [3.63, 3.8) is 0 Å². The van der Waals surface area contributed by atoms with Gasteiger partial charge < -0.3 is 10.3 Å². The first-order chi connectivity index (χ1) is 9.54.